The van der Waals surface area contributed by atoms with Crippen LogP contribution in [-0.2, 0) is 21.3 Å². The third-order valence-electron chi connectivity index (χ3n) is 3.28. The van der Waals surface area contributed by atoms with E-state index in [1.807, 2.05) is 6.92 Å². The molecule has 0 saturated carbocycles. The number of rotatable bonds is 6. The fourth-order valence-electron chi connectivity index (χ4n) is 2.15. The van der Waals surface area contributed by atoms with Crippen molar-refractivity contribution < 1.29 is 13.2 Å². The van der Waals surface area contributed by atoms with Crippen LogP contribution in [0.2, 0.25) is 0 Å². The van der Waals surface area contributed by atoms with Crippen molar-refractivity contribution in [1.29, 1.82) is 0 Å². The zero-order chi connectivity index (χ0) is 13.9. The highest BCUT2D eigenvalue weighted by Gasteiger charge is 2.34. The molecule has 1 unspecified atom stereocenters. The Kier molecular flexibility index (Phi) is 4.56. The Morgan fingerprint density at radius 1 is 1.63 bits per heavy atom. The highest BCUT2D eigenvalue weighted by atomic mass is 32.2. The first-order valence-electron chi connectivity index (χ1n) is 6.35. The van der Waals surface area contributed by atoms with Crippen molar-refractivity contribution in [2.24, 2.45) is 0 Å². The summed E-state index contributed by atoms with van der Waals surface area (Å²) < 4.78 is 31.7. The number of ether oxygens (including phenoxy) is 1. The fraction of sp³-hybridized carbons (Fsp3) is 0.727. The maximum atomic E-state index is 12.5. The Morgan fingerprint density at radius 3 is 3.05 bits per heavy atom. The van der Waals surface area contributed by atoms with Crippen molar-refractivity contribution in [3.05, 3.63) is 11.8 Å². The quantitative estimate of drug-likeness (QED) is 0.765. The Labute approximate surface area is 113 Å². The summed E-state index contributed by atoms with van der Waals surface area (Å²) >= 11 is 0. The van der Waals surface area contributed by atoms with Gasteiger partial charge >= 0.3 is 0 Å². The van der Waals surface area contributed by atoms with Gasteiger partial charge in [-0.1, -0.05) is 6.92 Å². The second kappa shape index (κ2) is 6.00. The number of methoxy groups -OCH3 is 1. The zero-order valence-electron chi connectivity index (χ0n) is 11.2. The van der Waals surface area contributed by atoms with E-state index in [0.29, 0.717) is 25.2 Å². The molecule has 2 N–H and O–H groups in total. The lowest BCUT2D eigenvalue weighted by molar-refractivity contribution is 0.115. The van der Waals surface area contributed by atoms with Crippen molar-refractivity contribution in [2.45, 2.75) is 31.0 Å². The summed E-state index contributed by atoms with van der Waals surface area (Å²) in [5.74, 6) is 0. The minimum atomic E-state index is -3.50. The number of nitrogens with zero attached hydrogens (tertiary/aromatic N) is 2. The van der Waals surface area contributed by atoms with Crippen LogP contribution in [-0.4, -0.2) is 55.8 Å². The summed E-state index contributed by atoms with van der Waals surface area (Å²) in [6, 6.07) is 0. The zero-order valence-corrected chi connectivity index (χ0v) is 12.0. The van der Waals surface area contributed by atoms with Crippen LogP contribution in [0.3, 0.4) is 0 Å². The Morgan fingerprint density at radius 2 is 2.42 bits per heavy atom. The number of hydrogen-bond donors (Lipinski definition) is 2. The highest BCUT2D eigenvalue weighted by molar-refractivity contribution is 7.89. The van der Waals surface area contributed by atoms with Crippen LogP contribution in [0.15, 0.2) is 11.2 Å². The lowest BCUT2D eigenvalue weighted by atomic mass is 10.3. The molecule has 0 bridgehead atoms. The van der Waals surface area contributed by atoms with Gasteiger partial charge < -0.3 is 10.1 Å². The number of nitrogens with one attached hydrogen (secondary N) is 2. The van der Waals surface area contributed by atoms with Gasteiger partial charge in [-0.25, -0.2) is 8.42 Å². The van der Waals surface area contributed by atoms with Gasteiger partial charge in [0.25, 0.3) is 10.0 Å². The van der Waals surface area contributed by atoms with Gasteiger partial charge in [-0.15, -0.1) is 0 Å². The Hall–Kier alpha value is -0.960. The topological polar surface area (TPSA) is 87.3 Å². The van der Waals surface area contributed by atoms with Gasteiger partial charge in [-0.3, -0.25) is 5.10 Å². The molecule has 1 atom stereocenters. The summed E-state index contributed by atoms with van der Waals surface area (Å²) in [7, 11) is -1.90. The third kappa shape index (κ3) is 2.97. The van der Waals surface area contributed by atoms with Crippen molar-refractivity contribution in [1.82, 2.24) is 19.8 Å². The normalized spacial score (nSPS) is 21.1. The van der Waals surface area contributed by atoms with Crippen molar-refractivity contribution >= 4 is 10.0 Å². The van der Waals surface area contributed by atoms with Crippen LogP contribution in [0.5, 0.6) is 0 Å². The smallest absolute Gasteiger partial charge is 0.260 e. The van der Waals surface area contributed by atoms with Crippen LogP contribution in [0.1, 0.15) is 18.9 Å². The van der Waals surface area contributed by atoms with E-state index in [-0.39, 0.29) is 11.1 Å². The molecule has 1 aliphatic rings. The maximum Gasteiger partial charge on any atom is 0.260 e. The molecule has 0 amide bonds. The molecular formula is C11H20N4O3S. The predicted octanol–water partition coefficient (Wildman–Crippen LogP) is -0.0714. The SMILES string of the molecule is CCNCc1cn[nH]c1S(=O)(=O)N1CCC(OC)C1. The van der Waals surface area contributed by atoms with E-state index >= 15 is 0 Å². The first-order chi connectivity index (χ1) is 9.09. The summed E-state index contributed by atoms with van der Waals surface area (Å²) in [6.45, 7) is 4.13. The molecule has 1 fully saturated rings. The molecule has 1 aromatic rings. The summed E-state index contributed by atoms with van der Waals surface area (Å²) in [4.78, 5) is 0. The third-order valence-corrected chi connectivity index (χ3v) is 5.16. The predicted molar refractivity (Wildman–Crippen MR) is 70.1 cm³/mol. The van der Waals surface area contributed by atoms with Crippen molar-refractivity contribution in [3.63, 3.8) is 0 Å². The molecule has 1 saturated heterocycles. The van der Waals surface area contributed by atoms with E-state index < -0.39 is 10.0 Å². The number of hydrogen-bond acceptors (Lipinski definition) is 5. The maximum absolute atomic E-state index is 12.5. The van der Waals surface area contributed by atoms with E-state index in [1.165, 1.54) is 4.31 Å². The lowest BCUT2D eigenvalue weighted by Crippen LogP contribution is -2.31. The first-order valence-corrected chi connectivity index (χ1v) is 7.79. The molecule has 2 heterocycles. The molecule has 0 radical (unpaired) electrons. The largest absolute Gasteiger partial charge is 0.380 e. The van der Waals surface area contributed by atoms with E-state index in [4.69, 9.17) is 4.74 Å². The molecule has 0 spiro atoms. The van der Waals surface area contributed by atoms with Gasteiger partial charge in [-0.05, 0) is 13.0 Å². The van der Waals surface area contributed by atoms with Gasteiger partial charge in [-0.2, -0.15) is 9.40 Å². The van der Waals surface area contributed by atoms with Gasteiger partial charge in [0.1, 0.15) is 0 Å². The Balaban J connectivity index is 2.18. The first kappa shape index (κ1) is 14.4. The minimum Gasteiger partial charge on any atom is -0.380 e. The molecule has 1 aromatic heterocycles. The number of aromatic amines is 1. The molecular weight excluding hydrogens is 268 g/mol. The average Bonchev–Trinajstić information content (AvgIpc) is 3.05. The average molecular weight is 288 g/mol. The molecule has 108 valence electrons. The van der Waals surface area contributed by atoms with E-state index in [1.54, 1.807) is 13.3 Å². The van der Waals surface area contributed by atoms with Gasteiger partial charge in [0.05, 0.1) is 12.3 Å². The molecule has 0 aromatic carbocycles. The van der Waals surface area contributed by atoms with Crippen molar-refractivity contribution in [2.75, 3.05) is 26.7 Å². The van der Waals surface area contributed by atoms with E-state index in [9.17, 15) is 8.42 Å². The molecule has 7 nitrogen and oxygen atoms in total. The lowest BCUT2D eigenvalue weighted by Gasteiger charge is -2.16. The second-order valence-electron chi connectivity index (χ2n) is 4.51. The molecule has 8 heteroatoms. The van der Waals surface area contributed by atoms with Crippen LogP contribution >= 0.6 is 0 Å². The fourth-order valence-corrected chi connectivity index (χ4v) is 3.74. The second-order valence-corrected chi connectivity index (χ2v) is 6.39. The van der Waals surface area contributed by atoms with E-state index in [2.05, 4.69) is 15.5 Å². The monoisotopic (exact) mass is 288 g/mol. The van der Waals surface area contributed by atoms with Gasteiger partial charge in [0.15, 0.2) is 5.03 Å². The van der Waals surface area contributed by atoms with Crippen molar-refractivity contribution in [3.8, 4) is 0 Å². The summed E-state index contributed by atoms with van der Waals surface area (Å²) in [5, 5.41) is 9.75. The Bertz CT molecular complexity index is 514. The molecule has 0 aliphatic carbocycles. The number of H-pyrrole nitrogens is 1. The molecule has 19 heavy (non-hydrogen) atoms. The molecule has 1 aliphatic heterocycles. The summed E-state index contributed by atoms with van der Waals surface area (Å²) in [6.07, 6.45) is 2.26. The van der Waals surface area contributed by atoms with Crippen LogP contribution in [0, 0.1) is 0 Å². The van der Waals surface area contributed by atoms with Gasteiger partial charge in [0, 0.05) is 32.3 Å². The molecule has 2 rings (SSSR count). The van der Waals surface area contributed by atoms with Gasteiger partial charge in [0.2, 0.25) is 0 Å². The standard InChI is InChI=1S/C11H20N4O3S/c1-3-12-6-9-7-13-14-11(9)19(16,17)15-5-4-10(8-15)18-2/h7,10,12H,3-6,8H2,1-2H3,(H,13,14). The number of sulfonamides is 1. The van der Waals surface area contributed by atoms with Crippen LogP contribution < -0.4 is 5.32 Å². The van der Waals surface area contributed by atoms with Crippen LogP contribution in [0.25, 0.3) is 0 Å². The highest BCUT2D eigenvalue weighted by Crippen LogP contribution is 2.23. The van der Waals surface area contributed by atoms with E-state index in [0.717, 1.165) is 13.0 Å². The van der Waals surface area contributed by atoms with Crippen LogP contribution in [0.4, 0.5) is 0 Å². The minimum absolute atomic E-state index is 0.0186. The number of aromatic nitrogens is 2. The summed E-state index contributed by atoms with van der Waals surface area (Å²) in [5.41, 5.74) is 0.669.